The summed E-state index contributed by atoms with van der Waals surface area (Å²) in [6.45, 7) is 2.16. The molecule has 0 aromatic heterocycles. The second kappa shape index (κ2) is 10.9. The monoisotopic (exact) mass is 490 g/mol. The quantitative estimate of drug-likeness (QED) is 0.531. The third kappa shape index (κ3) is 5.39. The Bertz CT molecular complexity index is 1260. The molecule has 8 heteroatoms. The molecular formula is C28H31FN4O3. The Kier molecular flexibility index (Phi) is 7.64. The Labute approximate surface area is 210 Å². The van der Waals surface area contributed by atoms with Gasteiger partial charge in [0, 0.05) is 26.6 Å². The maximum absolute atomic E-state index is 13.4. The highest BCUT2D eigenvalue weighted by Crippen LogP contribution is 2.21. The van der Waals surface area contributed by atoms with Gasteiger partial charge in [-0.1, -0.05) is 54.6 Å². The van der Waals surface area contributed by atoms with E-state index in [1.807, 2.05) is 42.5 Å². The molecule has 0 spiro atoms. The van der Waals surface area contributed by atoms with E-state index in [1.165, 1.54) is 17.0 Å². The number of hydrogen-bond acceptors (Lipinski definition) is 4. The number of piperazine rings is 1. The van der Waals surface area contributed by atoms with E-state index < -0.39 is 18.1 Å². The van der Waals surface area contributed by atoms with Crippen LogP contribution in [0.5, 0.6) is 0 Å². The summed E-state index contributed by atoms with van der Waals surface area (Å²) in [6.07, 6.45) is 0.601. The van der Waals surface area contributed by atoms with Crippen LogP contribution in [0.4, 0.5) is 4.39 Å². The number of likely N-dealkylation sites (N-methyl/N-ethyl adjacent to an activating group) is 1. The molecule has 3 aromatic carbocycles. The average Bonchev–Trinajstić information content (AvgIpc) is 2.89. The molecule has 1 aliphatic heterocycles. The van der Waals surface area contributed by atoms with Crippen LogP contribution in [-0.4, -0.2) is 65.8 Å². The minimum atomic E-state index is -0.857. The van der Waals surface area contributed by atoms with Crippen LogP contribution in [0, 0.1) is 5.82 Å². The molecular weight excluding hydrogens is 459 g/mol. The number of nitrogens with zero attached hydrogens (tertiary/aromatic N) is 2. The summed E-state index contributed by atoms with van der Waals surface area (Å²) in [7, 11) is 1.55. The van der Waals surface area contributed by atoms with Crippen LogP contribution in [0.15, 0.2) is 66.7 Å². The molecule has 3 N–H and O–H groups in total. The van der Waals surface area contributed by atoms with Crippen molar-refractivity contribution >= 4 is 28.5 Å². The summed E-state index contributed by atoms with van der Waals surface area (Å²) in [6, 6.07) is 17.5. The number of rotatable bonds is 7. The minimum Gasteiger partial charge on any atom is -0.357 e. The van der Waals surface area contributed by atoms with Crippen molar-refractivity contribution in [3.05, 3.63) is 83.7 Å². The Morgan fingerprint density at radius 1 is 1.00 bits per heavy atom. The lowest BCUT2D eigenvalue weighted by molar-refractivity contribution is -0.155. The number of fused-ring (bicyclic) bond motifs is 1. The second-order valence-corrected chi connectivity index (χ2v) is 9.19. The molecule has 188 valence electrons. The molecule has 3 atom stereocenters. The number of carbonyl (C=O) groups is 3. The van der Waals surface area contributed by atoms with Gasteiger partial charge in [0.1, 0.15) is 17.9 Å². The predicted octanol–water partition coefficient (Wildman–Crippen LogP) is 2.27. The predicted molar refractivity (Wildman–Crippen MR) is 136 cm³/mol. The van der Waals surface area contributed by atoms with Crippen LogP contribution in [0.25, 0.3) is 10.8 Å². The van der Waals surface area contributed by atoms with Gasteiger partial charge in [-0.05, 0) is 47.4 Å². The van der Waals surface area contributed by atoms with Crippen molar-refractivity contribution in [2.75, 3.05) is 20.1 Å². The van der Waals surface area contributed by atoms with Gasteiger partial charge in [0.2, 0.25) is 17.7 Å². The molecule has 7 nitrogen and oxygen atoms in total. The highest BCUT2D eigenvalue weighted by atomic mass is 19.1. The standard InChI is InChI=1S/C28H31FN4O3/c1-18-27(35)33(14-13-32(18)28(36)24(30)16-19-8-11-23(29)12-9-19)25(26(34)31-2)17-20-7-10-21-5-3-4-6-22(21)15-20/h3-12,15,18,24-25H,13-14,16-17,30H2,1-2H3,(H,31,34)/t18-,24?,25?/m0/s1. The summed E-state index contributed by atoms with van der Waals surface area (Å²) in [5, 5.41) is 4.85. The van der Waals surface area contributed by atoms with E-state index >= 15 is 0 Å². The number of hydrogen-bond donors (Lipinski definition) is 2. The highest BCUT2D eigenvalue weighted by molar-refractivity contribution is 5.94. The number of carbonyl (C=O) groups excluding carboxylic acids is 3. The third-order valence-corrected chi connectivity index (χ3v) is 6.83. The largest absolute Gasteiger partial charge is 0.357 e. The van der Waals surface area contributed by atoms with E-state index in [0.717, 1.165) is 21.9 Å². The van der Waals surface area contributed by atoms with E-state index in [9.17, 15) is 18.8 Å². The van der Waals surface area contributed by atoms with Gasteiger partial charge in [-0.3, -0.25) is 14.4 Å². The molecule has 3 aromatic rings. The van der Waals surface area contributed by atoms with Gasteiger partial charge in [-0.2, -0.15) is 0 Å². The maximum Gasteiger partial charge on any atom is 0.245 e. The normalized spacial score (nSPS) is 17.7. The summed E-state index contributed by atoms with van der Waals surface area (Å²) in [4.78, 5) is 42.4. The van der Waals surface area contributed by atoms with E-state index in [2.05, 4.69) is 5.32 Å². The Morgan fingerprint density at radius 2 is 1.67 bits per heavy atom. The summed E-state index contributed by atoms with van der Waals surface area (Å²) >= 11 is 0. The molecule has 36 heavy (non-hydrogen) atoms. The first-order valence-electron chi connectivity index (χ1n) is 12.1. The zero-order valence-electron chi connectivity index (χ0n) is 20.5. The number of benzene rings is 3. The zero-order valence-corrected chi connectivity index (χ0v) is 20.5. The molecule has 0 aliphatic carbocycles. The molecule has 0 saturated carbocycles. The topological polar surface area (TPSA) is 95.7 Å². The summed E-state index contributed by atoms with van der Waals surface area (Å²) < 4.78 is 13.2. The van der Waals surface area contributed by atoms with Crippen LogP contribution in [-0.2, 0) is 27.2 Å². The molecule has 0 radical (unpaired) electrons. The minimum absolute atomic E-state index is 0.226. The molecule has 1 heterocycles. The van der Waals surface area contributed by atoms with Gasteiger partial charge in [-0.25, -0.2) is 4.39 Å². The molecule has 1 fully saturated rings. The Morgan fingerprint density at radius 3 is 2.36 bits per heavy atom. The first kappa shape index (κ1) is 25.3. The summed E-state index contributed by atoms with van der Waals surface area (Å²) in [5.74, 6) is -1.25. The Balaban J connectivity index is 1.47. The van der Waals surface area contributed by atoms with Crippen molar-refractivity contribution in [3.63, 3.8) is 0 Å². The van der Waals surface area contributed by atoms with Crippen molar-refractivity contribution < 1.29 is 18.8 Å². The van der Waals surface area contributed by atoms with Crippen LogP contribution in [0.3, 0.4) is 0 Å². The fraction of sp³-hybridized carbons (Fsp3) is 0.321. The van der Waals surface area contributed by atoms with Crippen LogP contribution in [0.2, 0.25) is 0 Å². The third-order valence-electron chi connectivity index (χ3n) is 6.83. The van der Waals surface area contributed by atoms with Crippen molar-refractivity contribution in [3.8, 4) is 0 Å². The fourth-order valence-electron chi connectivity index (χ4n) is 4.78. The van der Waals surface area contributed by atoms with Crippen molar-refractivity contribution in [2.45, 2.75) is 37.9 Å². The molecule has 3 amide bonds. The van der Waals surface area contributed by atoms with Crippen LogP contribution in [0.1, 0.15) is 18.1 Å². The zero-order chi connectivity index (χ0) is 25.8. The number of amides is 3. The first-order valence-corrected chi connectivity index (χ1v) is 12.1. The van der Waals surface area contributed by atoms with E-state index in [1.54, 1.807) is 31.0 Å². The van der Waals surface area contributed by atoms with Gasteiger partial charge >= 0.3 is 0 Å². The van der Waals surface area contributed by atoms with E-state index in [-0.39, 0.29) is 43.0 Å². The van der Waals surface area contributed by atoms with Crippen LogP contribution < -0.4 is 11.1 Å². The molecule has 0 bridgehead atoms. The lowest BCUT2D eigenvalue weighted by atomic mass is 9.98. The highest BCUT2D eigenvalue weighted by Gasteiger charge is 2.40. The van der Waals surface area contributed by atoms with Gasteiger partial charge in [0.25, 0.3) is 0 Å². The molecule has 1 saturated heterocycles. The number of halogens is 1. The van der Waals surface area contributed by atoms with Gasteiger partial charge in [0.15, 0.2) is 0 Å². The maximum atomic E-state index is 13.4. The molecule has 4 rings (SSSR count). The smallest absolute Gasteiger partial charge is 0.245 e. The number of nitrogens with one attached hydrogen (secondary N) is 1. The fourth-order valence-corrected chi connectivity index (χ4v) is 4.78. The van der Waals surface area contributed by atoms with Gasteiger partial charge in [-0.15, -0.1) is 0 Å². The van der Waals surface area contributed by atoms with Crippen molar-refractivity contribution in [2.24, 2.45) is 5.73 Å². The van der Waals surface area contributed by atoms with E-state index in [4.69, 9.17) is 5.73 Å². The van der Waals surface area contributed by atoms with Crippen molar-refractivity contribution in [1.82, 2.24) is 15.1 Å². The molecule has 1 aliphatic rings. The van der Waals surface area contributed by atoms with E-state index in [0.29, 0.717) is 6.42 Å². The van der Waals surface area contributed by atoms with Crippen molar-refractivity contribution in [1.29, 1.82) is 0 Å². The Hall–Kier alpha value is -3.78. The lowest BCUT2D eigenvalue weighted by Crippen LogP contribution is -2.64. The lowest BCUT2D eigenvalue weighted by Gasteiger charge is -2.42. The SMILES string of the molecule is CNC(=O)C(Cc1ccc2ccccc2c1)N1CCN(C(=O)C(N)Cc2ccc(F)cc2)[C@@H](C)C1=O. The summed E-state index contributed by atoms with van der Waals surface area (Å²) in [5.41, 5.74) is 7.85. The van der Waals surface area contributed by atoms with Gasteiger partial charge in [0.05, 0.1) is 6.04 Å². The first-order chi connectivity index (χ1) is 17.3. The van der Waals surface area contributed by atoms with Gasteiger partial charge < -0.3 is 20.9 Å². The number of nitrogens with two attached hydrogens (primary N) is 1. The second-order valence-electron chi connectivity index (χ2n) is 9.19. The van der Waals surface area contributed by atoms with Crippen LogP contribution >= 0.6 is 0 Å². The average molecular weight is 491 g/mol. The molecule has 2 unspecified atom stereocenters.